The summed E-state index contributed by atoms with van der Waals surface area (Å²) in [6, 6.07) is 3.61. The van der Waals surface area contributed by atoms with E-state index in [2.05, 4.69) is 20.6 Å². The molecule has 2 aromatic heterocycles. The molecule has 0 saturated carbocycles. The van der Waals surface area contributed by atoms with Crippen molar-refractivity contribution < 1.29 is 23.8 Å². The lowest BCUT2D eigenvalue weighted by Gasteiger charge is -2.26. The number of aliphatic hydroxyl groups is 1. The van der Waals surface area contributed by atoms with Crippen LogP contribution in [-0.4, -0.2) is 65.0 Å². The van der Waals surface area contributed by atoms with E-state index in [1.54, 1.807) is 40.0 Å². The van der Waals surface area contributed by atoms with Crippen molar-refractivity contribution in [2.75, 3.05) is 37.9 Å². The van der Waals surface area contributed by atoms with Gasteiger partial charge in [0.2, 0.25) is 0 Å². The van der Waals surface area contributed by atoms with Crippen molar-refractivity contribution in [2.45, 2.75) is 45.8 Å². The number of carbonyl (C=O) groups is 1. The summed E-state index contributed by atoms with van der Waals surface area (Å²) in [5, 5.41) is 16.6. The minimum absolute atomic E-state index is 0.0282. The largest absolute Gasteiger partial charge is 0.494 e. The molecule has 0 aromatic carbocycles. The molecule has 1 atom stereocenters. The van der Waals surface area contributed by atoms with Gasteiger partial charge in [-0.05, 0) is 39.3 Å². The van der Waals surface area contributed by atoms with E-state index in [-0.39, 0.29) is 36.6 Å². The molecule has 3 N–H and O–H groups in total. The van der Waals surface area contributed by atoms with Crippen LogP contribution in [0.2, 0.25) is 0 Å². The molecular formula is C24H32FN5O4. The molecule has 1 aliphatic heterocycles. The average molecular weight is 474 g/mol. The number of β-amino-alcohol motifs (C(OH)–C–C–N with tert-alkyl or cyclic N) is 1. The van der Waals surface area contributed by atoms with Gasteiger partial charge >= 0.3 is 6.09 Å². The number of aliphatic hydroxyl groups excluding tert-OH is 1. The molecule has 3 rings (SSSR count). The van der Waals surface area contributed by atoms with Crippen LogP contribution in [0.3, 0.4) is 0 Å². The highest BCUT2D eigenvalue weighted by molar-refractivity contribution is 5.76. The number of pyridine rings is 2. The molecule has 1 amide bonds. The van der Waals surface area contributed by atoms with E-state index in [1.807, 2.05) is 13.0 Å². The molecule has 0 aliphatic carbocycles. The molecule has 0 unspecified atom stereocenters. The van der Waals surface area contributed by atoms with Gasteiger partial charge in [-0.1, -0.05) is 6.08 Å². The van der Waals surface area contributed by atoms with Gasteiger partial charge in [-0.2, -0.15) is 0 Å². The number of aromatic nitrogens is 2. The van der Waals surface area contributed by atoms with Gasteiger partial charge in [0, 0.05) is 37.5 Å². The van der Waals surface area contributed by atoms with Crippen molar-refractivity contribution in [2.24, 2.45) is 0 Å². The molecule has 0 spiro atoms. The van der Waals surface area contributed by atoms with Crippen LogP contribution in [0.4, 0.5) is 26.5 Å². The molecule has 34 heavy (non-hydrogen) atoms. The van der Waals surface area contributed by atoms with Crippen LogP contribution in [0, 0.1) is 12.7 Å². The van der Waals surface area contributed by atoms with Crippen LogP contribution in [0.5, 0.6) is 5.75 Å². The van der Waals surface area contributed by atoms with Crippen LogP contribution < -0.4 is 15.4 Å². The number of carbonyl (C=O) groups excluding carboxylic acids is 1. The van der Waals surface area contributed by atoms with E-state index < -0.39 is 23.6 Å². The van der Waals surface area contributed by atoms with Gasteiger partial charge < -0.3 is 30.1 Å². The number of halogens is 1. The number of hydrogen-bond acceptors (Lipinski definition) is 8. The van der Waals surface area contributed by atoms with Gasteiger partial charge in [-0.25, -0.2) is 19.2 Å². The summed E-state index contributed by atoms with van der Waals surface area (Å²) >= 11 is 0. The molecule has 9 nitrogen and oxygen atoms in total. The second-order valence-electron chi connectivity index (χ2n) is 9.09. The Balaban J connectivity index is 1.95. The Morgan fingerprint density at radius 3 is 2.71 bits per heavy atom. The Morgan fingerprint density at radius 2 is 2.06 bits per heavy atom. The summed E-state index contributed by atoms with van der Waals surface area (Å²) in [6.45, 7) is 7.37. The summed E-state index contributed by atoms with van der Waals surface area (Å²) in [5.41, 5.74) is 1.58. The van der Waals surface area contributed by atoms with E-state index in [0.717, 1.165) is 11.4 Å². The first kappa shape index (κ1) is 25.2. The molecule has 10 heteroatoms. The normalized spacial score (nSPS) is 16.4. The highest BCUT2D eigenvalue weighted by Gasteiger charge is 2.28. The Kier molecular flexibility index (Phi) is 7.61. The zero-order valence-corrected chi connectivity index (χ0v) is 20.4. The SMILES string of the molecule is CNc1cc(C)nc(Nc2ncc(OC)c(C3=CCN(C(=O)OC(C)(C)C)C[C@@H](O)C3)c2F)c1. The highest BCUT2D eigenvalue weighted by Crippen LogP contribution is 2.36. The summed E-state index contributed by atoms with van der Waals surface area (Å²) in [7, 11) is 3.21. The fourth-order valence-corrected chi connectivity index (χ4v) is 3.64. The number of nitrogens with zero attached hydrogens (tertiary/aromatic N) is 3. The monoisotopic (exact) mass is 473 g/mol. The van der Waals surface area contributed by atoms with E-state index in [4.69, 9.17) is 9.47 Å². The second-order valence-corrected chi connectivity index (χ2v) is 9.09. The fraction of sp³-hybridized carbons (Fsp3) is 0.458. The first-order valence-electron chi connectivity index (χ1n) is 11.0. The molecule has 0 fully saturated rings. The maximum absolute atomic E-state index is 15.7. The first-order valence-corrected chi connectivity index (χ1v) is 11.0. The minimum atomic E-state index is -0.911. The third-order valence-corrected chi connectivity index (χ3v) is 5.11. The summed E-state index contributed by atoms with van der Waals surface area (Å²) in [4.78, 5) is 22.5. The molecule has 184 valence electrons. The van der Waals surface area contributed by atoms with Crippen molar-refractivity contribution in [1.29, 1.82) is 0 Å². The lowest BCUT2D eigenvalue weighted by molar-refractivity contribution is 0.0186. The Labute approximate surface area is 199 Å². The lowest BCUT2D eigenvalue weighted by Crippen LogP contribution is -2.40. The van der Waals surface area contributed by atoms with Crippen molar-refractivity contribution in [3.8, 4) is 5.75 Å². The van der Waals surface area contributed by atoms with Crippen molar-refractivity contribution >= 4 is 29.0 Å². The number of nitrogens with one attached hydrogen (secondary N) is 2. The standard InChI is InChI=1S/C24H32FN5O4/c1-14-9-16(26-5)11-19(28-14)29-22-21(25)20(18(33-6)12-27-22)15-7-8-30(13-17(31)10-15)23(32)34-24(2,3)4/h7,9,11-12,17,31H,8,10,13H2,1-6H3,(H2,26,27,28,29)/t17-/m0/s1. The van der Waals surface area contributed by atoms with E-state index in [1.165, 1.54) is 18.2 Å². The Bertz CT molecular complexity index is 1080. The van der Waals surface area contributed by atoms with Crippen molar-refractivity contribution in [3.05, 3.63) is 41.5 Å². The predicted octanol–water partition coefficient (Wildman–Crippen LogP) is 4.10. The van der Waals surface area contributed by atoms with Crippen molar-refractivity contribution in [3.63, 3.8) is 0 Å². The fourth-order valence-electron chi connectivity index (χ4n) is 3.64. The smallest absolute Gasteiger partial charge is 0.410 e. The van der Waals surface area contributed by atoms with Gasteiger partial charge in [0.15, 0.2) is 11.6 Å². The summed E-state index contributed by atoms with van der Waals surface area (Å²) in [6.07, 6.45) is 1.79. The maximum Gasteiger partial charge on any atom is 0.410 e. The van der Waals surface area contributed by atoms with E-state index >= 15 is 4.39 Å². The van der Waals surface area contributed by atoms with Crippen LogP contribution in [0.25, 0.3) is 5.57 Å². The molecular weight excluding hydrogens is 441 g/mol. The van der Waals surface area contributed by atoms with Crippen molar-refractivity contribution in [1.82, 2.24) is 14.9 Å². The van der Waals surface area contributed by atoms with Crippen LogP contribution in [0.1, 0.15) is 38.4 Å². The summed E-state index contributed by atoms with van der Waals surface area (Å²) < 4.78 is 26.5. The van der Waals surface area contributed by atoms with Gasteiger partial charge in [-0.3, -0.25) is 0 Å². The van der Waals surface area contributed by atoms with E-state index in [0.29, 0.717) is 11.4 Å². The topological polar surface area (TPSA) is 109 Å². The first-order chi connectivity index (χ1) is 16.0. The number of anilines is 3. The van der Waals surface area contributed by atoms with Crippen LogP contribution in [0.15, 0.2) is 24.4 Å². The quantitative estimate of drug-likeness (QED) is 0.596. The minimum Gasteiger partial charge on any atom is -0.494 e. The zero-order valence-electron chi connectivity index (χ0n) is 20.4. The average Bonchev–Trinajstić information content (AvgIpc) is 2.94. The molecule has 3 heterocycles. The summed E-state index contributed by atoms with van der Waals surface area (Å²) in [5.74, 6) is -0.0180. The highest BCUT2D eigenvalue weighted by atomic mass is 19.1. The molecule has 2 aromatic rings. The maximum atomic E-state index is 15.7. The number of methoxy groups -OCH3 is 1. The number of hydrogen-bond donors (Lipinski definition) is 3. The number of ether oxygens (including phenoxy) is 2. The number of rotatable bonds is 5. The van der Waals surface area contributed by atoms with Gasteiger partial charge in [0.05, 0.1) is 31.5 Å². The Hall–Kier alpha value is -3.40. The molecule has 0 bridgehead atoms. The van der Waals surface area contributed by atoms with Gasteiger partial charge in [0.1, 0.15) is 17.2 Å². The number of amides is 1. The van der Waals surface area contributed by atoms with Gasteiger partial charge in [0.25, 0.3) is 0 Å². The van der Waals surface area contributed by atoms with E-state index in [9.17, 15) is 9.90 Å². The predicted molar refractivity (Wildman–Crippen MR) is 129 cm³/mol. The third-order valence-electron chi connectivity index (χ3n) is 5.11. The Morgan fingerprint density at radius 1 is 1.32 bits per heavy atom. The zero-order chi connectivity index (χ0) is 25.0. The molecule has 1 aliphatic rings. The second kappa shape index (κ2) is 10.3. The number of aryl methyl sites for hydroxylation is 1. The molecule has 0 saturated heterocycles. The van der Waals surface area contributed by atoms with Gasteiger partial charge in [-0.15, -0.1) is 0 Å². The van der Waals surface area contributed by atoms with Crippen LogP contribution >= 0.6 is 0 Å². The van der Waals surface area contributed by atoms with Crippen LogP contribution in [-0.2, 0) is 4.74 Å². The third kappa shape index (κ3) is 6.13. The molecule has 0 radical (unpaired) electrons. The lowest BCUT2D eigenvalue weighted by atomic mass is 9.99.